The van der Waals surface area contributed by atoms with Gasteiger partial charge >= 0.3 is 0 Å². The molecule has 0 aliphatic heterocycles. The molecule has 0 saturated carbocycles. The van der Waals surface area contributed by atoms with Crippen molar-refractivity contribution in [3.63, 3.8) is 0 Å². The Labute approximate surface area is 145 Å². The lowest BCUT2D eigenvalue weighted by atomic mass is 9.96. The summed E-state index contributed by atoms with van der Waals surface area (Å²) >= 11 is 0. The third kappa shape index (κ3) is 5.84. The Morgan fingerprint density at radius 2 is 1.83 bits per heavy atom. The highest BCUT2D eigenvalue weighted by atomic mass is 35.5. The molecule has 0 spiro atoms. The average molecular weight is 342 g/mol. The largest absolute Gasteiger partial charge is 0.339 e. The van der Waals surface area contributed by atoms with Crippen LogP contribution in [0.25, 0.3) is 0 Å². The van der Waals surface area contributed by atoms with Crippen LogP contribution in [-0.2, 0) is 4.79 Å². The first-order valence-corrected chi connectivity index (χ1v) is 7.85. The summed E-state index contributed by atoms with van der Waals surface area (Å²) < 4.78 is 0. The van der Waals surface area contributed by atoms with Gasteiger partial charge in [-0.1, -0.05) is 19.4 Å². The number of halogens is 1. The fourth-order valence-corrected chi connectivity index (χ4v) is 2.33. The van der Waals surface area contributed by atoms with E-state index in [1.807, 2.05) is 20.8 Å². The van der Waals surface area contributed by atoms with E-state index in [-0.39, 0.29) is 24.2 Å². The summed E-state index contributed by atoms with van der Waals surface area (Å²) in [7, 11) is 0. The molecule has 0 aromatic heterocycles. The SMILES string of the molecule is CCCC(C)(N)C(=O)Nc1cccc(C(=O)N(CC)CC)c1.Cl. The van der Waals surface area contributed by atoms with Gasteiger partial charge in [-0.2, -0.15) is 0 Å². The van der Waals surface area contributed by atoms with Crippen molar-refractivity contribution < 1.29 is 9.59 Å². The molecule has 130 valence electrons. The van der Waals surface area contributed by atoms with Crippen LogP contribution in [0.5, 0.6) is 0 Å². The van der Waals surface area contributed by atoms with Gasteiger partial charge in [0.25, 0.3) is 5.91 Å². The van der Waals surface area contributed by atoms with E-state index in [0.29, 0.717) is 30.8 Å². The van der Waals surface area contributed by atoms with Gasteiger partial charge in [-0.25, -0.2) is 0 Å². The lowest BCUT2D eigenvalue weighted by Crippen LogP contribution is -2.48. The summed E-state index contributed by atoms with van der Waals surface area (Å²) in [5, 5.41) is 2.80. The maximum absolute atomic E-state index is 12.3. The fourth-order valence-electron chi connectivity index (χ4n) is 2.33. The minimum Gasteiger partial charge on any atom is -0.339 e. The van der Waals surface area contributed by atoms with Gasteiger partial charge in [-0.3, -0.25) is 9.59 Å². The number of nitrogens with two attached hydrogens (primary N) is 1. The Bertz CT molecular complexity index is 528. The molecule has 6 heteroatoms. The predicted octanol–water partition coefficient (Wildman–Crippen LogP) is 3.05. The first-order valence-electron chi connectivity index (χ1n) is 7.85. The Kier molecular flexibility index (Phi) is 8.87. The number of nitrogens with one attached hydrogen (secondary N) is 1. The van der Waals surface area contributed by atoms with Crippen molar-refractivity contribution in [2.24, 2.45) is 5.73 Å². The number of benzene rings is 1. The zero-order valence-electron chi connectivity index (χ0n) is 14.4. The summed E-state index contributed by atoms with van der Waals surface area (Å²) in [5.41, 5.74) is 6.27. The third-order valence-electron chi connectivity index (χ3n) is 3.71. The second-order valence-corrected chi connectivity index (χ2v) is 5.68. The van der Waals surface area contributed by atoms with Crippen molar-refractivity contribution in [3.8, 4) is 0 Å². The Morgan fingerprint density at radius 1 is 1.22 bits per heavy atom. The van der Waals surface area contributed by atoms with E-state index in [4.69, 9.17) is 5.73 Å². The van der Waals surface area contributed by atoms with E-state index in [9.17, 15) is 9.59 Å². The van der Waals surface area contributed by atoms with Crippen molar-refractivity contribution in [1.29, 1.82) is 0 Å². The number of hydrogen-bond acceptors (Lipinski definition) is 3. The van der Waals surface area contributed by atoms with Crippen molar-refractivity contribution in [1.82, 2.24) is 4.90 Å². The van der Waals surface area contributed by atoms with Crippen LogP contribution in [0.2, 0.25) is 0 Å². The predicted molar refractivity (Wildman–Crippen MR) is 97.1 cm³/mol. The van der Waals surface area contributed by atoms with Crippen LogP contribution >= 0.6 is 12.4 Å². The molecule has 2 amide bonds. The van der Waals surface area contributed by atoms with Crippen LogP contribution < -0.4 is 11.1 Å². The molecule has 3 N–H and O–H groups in total. The number of carbonyl (C=O) groups is 2. The molecule has 23 heavy (non-hydrogen) atoms. The molecule has 0 bridgehead atoms. The number of anilines is 1. The van der Waals surface area contributed by atoms with Crippen molar-refractivity contribution in [2.45, 2.75) is 46.1 Å². The molecule has 5 nitrogen and oxygen atoms in total. The second-order valence-electron chi connectivity index (χ2n) is 5.68. The maximum Gasteiger partial charge on any atom is 0.253 e. The molecule has 1 rings (SSSR count). The topological polar surface area (TPSA) is 75.4 Å². The molecule has 1 atom stereocenters. The highest BCUT2D eigenvalue weighted by molar-refractivity contribution is 6.00. The van der Waals surface area contributed by atoms with Gasteiger partial charge in [0.05, 0.1) is 5.54 Å². The first kappa shape index (κ1) is 21.4. The lowest BCUT2D eigenvalue weighted by molar-refractivity contribution is -0.120. The summed E-state index contributed by atoms with van der Waals surface area (Å²) in [6.07, 6.45) is 1.44. The molecule has 0 aliphatic carbocycles. The quantitative estimate of drug-likeness (QED) is 0.800. The zero-order chi connectivity index (χ0) is 16.8. The van der Waals surface area contributed by atoms with Crippen LogP contribution in [0, 0.1) is 0 Å². The van der Waals surface area contributed by atoms with Gasteiger partial charge in [-0.05, 0) is 45.4 Å². The normalized spacial score (nSPS) is 12.7. The standard InChI is InChI=1S/C17H27N3O2.ClH/c1-5-11-17(4,18)16(22)19-14-10-8-9-13(12-14)15(21)20(6-2)7-3;/h8-10,12H,5-7,11,18H2,1-4H3,(H,19,22);1H. The highest BCUT2D eigenvalue weighted by Crippen LogP contribution is 2.16. The van der Waals surface area contributed by atoms with Gasteiger partial charge in [0.2, 0.25) is 5.91 Å². The molecular formula is C17H28ClN3O2. The number of amides is 2. The zero-order valence-corrected chi connectivity index (χ0v) is 15.2. The first-order chi connectivity index (χ1) is 10.4. The average Bonchev–Trinajstić information content (AvgIpc) is 2.48. The van der Waals surface area contributed by atoms with Crippen molar-refractivity contribution in [2.75, 3.05) is 18.4 Å². The van der Waals surface area contributed by atoms with Gasteiger partial charge in [0.1, 0.15) is 0 Å². The molecule has 0 heterocycles. The van der Waals surface area contributed by atoms with Crippen LogP contribution in [0.3, 0.4) is 0 Å². The second kappa shape index (κ2) is 9.53. The monoisotopic (exact) mass is 341 g/mol. The fraction of sp³-hybridized carbons (Fsp3) is 0.529. The maximum atomic E-state index is 12.3. The lowest BCUT2D eigenvalue weighted by Gasteiger charge is -2.23. The number of hydrogen-bond donors (Lipinski definition) is 2. The minimum absolute atomic E-state index is 0. The molecular weight excluding hydrogens is 314 g/mol. The van der Waals surface area contributed by atoms with Gasteiger partial charge in [0, 0.05) is 24.3 Å². The molecule has 1 unspecified atom stereocenters. The minimum atomic E-state index is -0.909. The Balaban J connectivity index is 0.00000484. The van der Waals surface area contributed by atoms with Crippen LogP contribution in [0.15, 0.2) is 24.3 Å². The third-order valence-corrected chi connectivity index (χ3v) is 3.71. The van der Waals surface area contributed by atoms with Gasteiger partial charge in [-0.15, -0.1) is 12.4 Å². The van der Waals surface area contributed by atoms with Gasteiger partial charge in [0.15, 0.2) is 0 Å². The Hall–Kier alpha value is -1.59. The number of rotatable bonds is 7. The van der Waals surface area contributed by atoms with E-state index < -0.39 is 5.54 Å². The number of carbonyl (C=O) groups excluding carboxylic acids is 2. The smallest absolute Gasteiger partial charge is 0.253 e. The van der Waals surface area contributed by atoms with E-state index in [0.717, 1.165) is 6.42 Å². The van der Waals surface area contributed by atoms with Crippen molar-refractivity contribution >= 4 is 29.9 Å². The van der Waals surface area contributed by atoms with E-state index >= 15 is 0 Å². The summed E-state index contributed by atoms with van der Waals surface area (Å²) in [6.45, 7) is 8.90. The van der Waals surface area contributed by atoms with Crippen LogP contribution in [-0.4, -0.2) is 35.3 Å². The molecule has 0 fully saturated rings. The van der Waals surface area contributed by atoms with Crippen LogP contribution in [0.4, 0.5) is 5.69 Å². The molecule has 1 aromatic carbocycles. The summed E-state index contributed by atoms with van der Waals surface area (Å²) in [4.78, 5) is 26.3. The molecule has 0 radical (unpaired) electrons. The molecule has 1 aromatic rings. The van der Waals surface area contributed by atoms with Gasteiger partial charge < -0.3 is 16.0 Å². The van der Waals surface area contributed by atoms with Crippen LogP contribution in [0.1, 0.15) is 50.9 Å². The number of nitrogens with zero attached hydrogens (tertiary/aromatic N) is 1. The molecule has 0 aliphatic rings. The van der Waals surface area contributed by atoms with E-state index in [1.54, 1.807) is 36.1 Å². The van der Waals surface area contributed by atoms with Crippen molar-refractivity contribution in [3.05, 3.63) is 29.8 Å². The highest BCUT2D eigenvalue weighted by Gasteiger charge is 2.27. The summed E-state index contributed by atoms with van der Waals surface area (Å²) in [6, 6.07) is 6.98. The summed E-state index contributed by atoms with van der Waals surface area (Å²) in [5.74, 6) is -0.271. The van der Waals surface area contributed by atoms with E-state index in [2.05, 4.69) is 5.32 Å². The van der Waals surface area contributed by atoms with E-state index in [1.165, 1.54) is 0 Å². The molecule has 0 saturated heterocycles. The Morgan fingerprint density at radius 3 is 2.35 bits per heavy atom.